The summed E-state index contributed by atoms with van der Waals surface area (Å²) in [5.74, 6) is 0.921. The Kier molecular flexibility index (Phi) is 8.89. The molecule has 1 aliphatic heterocycles. The molecule has 0 aliphatic carbocycles. The minimum atomic E-state index is 0. The minimum Gasteiger partial charge on any atom is -0.363 e. The predicted molar refractivity (Wildman–Crippen MR) is 129 cm³/mol. The van der Waals surface area contributed by atoms with Crippen LogP contribution >= 0.6 is 35.3 Å². The molecule has 0 spiro atoms. The topological polar surface area (TPSA) is 39.7 Å². The Hall–Kier alpha value is -1.28. The van der Waals surface area contributed by atoms with E-state index in [0.717, 1.165) is 44.9 Å². The van der Waals surface area contributed by atoms with Crippen LogP contribution in [0.1, 0.15) is 29.5 Å². The summed E-state index contributed by atoms with van der Waals surface area (Å²) in [5.41, 5.74) is 4.10. The molecular weight excluding hydrogens is 467 g/mol. The Labute approximate surface area is 184 Å². The maximum absolute atomic E-state index is 4.40. The number of guanidine groups is 1. The van der Waals surface area contributed by atoms with Crippen LogP contribution in [0.25, 0.3) is 0 Å². The fraction of sp³-hybridized carbons (Fsp3) is 0.476. The molecule has 1 saturated heterocycles. The Balaban J connectivity index is 0.00000261. The van der Waals surface area contributed by atoms with Gasteiger partial charge in [0.05, 0.1) is 5.00 Å². The lowest BCUT2D eigenvalue weighted by atomic mass is 10.0. The lowest BCUT2D eigenvalue weighted by Gasteiger charge is -2.33. The van der Waals surface area contributed by atoms with Crippen molar-refractivity contribution in [3.05, 3.63) is 52.4 Å². The molecule has 148 valence electrons. The van der Waals surface area contributed by atoms with E-state index in [2.05, 4.69) is 70.1 Å². The van der Waals surface area contributed by atoms with Crippen molar-refractivity contribution in [1.29, 1.82) is 0 Å². The molecule has 3 rings (SSSR count). The molecule has 0 atom stereocenters. The molecule has 0 radical (unpaired) electrons. The third kappa shape index (κ3) is 6.38. The first kappa shape index (κ1) is 22.0. The van der Waals surface area contributed by atoms with Gasteiger partial charge in [0, 0.05) is 32.7 Å². The first-order chi connectivity index (χ1) is 12.7. The molecule has 4 nitrogen and oxygen atoms in total. The maximum atomic E-state index is 4.40. The summed E-state index contributed by atoms with van der Waals surface area (Å²) in [7, 11) is 1.85. The van der Waals surface area contributed by atoms with Gasteiger partial charge in [-0.2, -0.15) is 0 Å². The second-order valence-electron chi connectivity index (χ2n) is 7.04. The van der Waals surface area contributed by atoms with E-state index in [9.17, 15) is 0 Å². The molecule has 1 aromatic carbocycles. The van der Waals surface area contributed by atoms with Gasteiger partial charge in [-0.05, 0) is 61.7 Å². The standard InChI is InChI=1S/C21H30N4S.HI/c1-16-6-7-18(17(2)15-16)8-11-23-21(22-3)24-19-9-12-25(13-10-19)20-5-4-14-26-20;/h4-7,14-15,19H,8-13H2,1-3H3,(H2,22,23,24);1H. The van der Waals surface area contributed by atoms with Crippen LogP contribution in [-0.2, 0) is 6.42 Å². The molecule has 2 N–H and O–H groups in total. The SMILES string of the molecule is CN=C(NCCc1ccc(C)cc1C)NC1CCN(c2cccs2)CC1.I. The lowest BCUT2D eigenvalue weighted by molar-refractivity contribution is 0.463. The van der Waals surface area contributed by atoms with Crippen LogP contribution in [-0.4, -0.2) is 38.7 Å². The normalized spacial score (nSPS) is 15.4. The van der Waals surface area contributed by atoms with E-state index in [1.807, 2.05) is 18.4 Å². The molecule has 0 unspecified atom stereocenters. The highest BCUT2D eigenvalue weighted by molar-refractivity contribution is 14.0. The predicted octanol–water partition coefficient (Wildman–Crippen LogP) is 4.36. The average molecular weight is 498 g/mol. The van der Waals surface area contributed by atoms with E-state index >= 15 is 0 Å². The van der Waals surface area contributed by atoms with E-state index in [-0.39, 0.29) is 24.0 Å². The zero-order valence-electron chi connectivity index (χ0n) is 16.5. The van der Waals surface area contributed by atoms with Crippen LogP contribution in [0, 0.1) is 13.8 Å². The molecular formula is C21H31IN4S. The third-order valence-corrected chi connectivity index (χ3v) is 5.99. The number of thiophene rings is 1. The quantitative estimate of drug-likeness (QED) is 0.366. The molecule has 6 heteroatoms. The summed E-state index contributed by atoms with van der Waals surface area (Å²) in [6.07, 6.45) is 3.31. The van der Waals surface area contributed by atoms with Gasteiger partial charge in [0.15, 0.2) is 5.96 Å². The summed E-state index contributed by atoms with van der Waals surface area (Å²) < 4.78 is 0. The largest absolute Gasteiger partial charge is 0.363 e. The number of aliphatic imine (C=N–C) groups is 1. The first-order valence-electron chi connectivity index (χ1n) is 9.47. The number of aryl methyl sites for hydroxylation is 2. The van der Waals surface area contributed by atoms with Gasteiger partial charge in [0.2, 0.25) is 0 Å². The summed E-state index contributed by atoms with van der Waals surface area (Å²) >= 11 is 1.83. The van der Waals surface area contributed by atoms with Crippen LogP contribution < -0.4 is 15.5 Å². The van der Waals surface area contributed by atoms with Crippen LogP contribution in [0.5, 0.6) is 0 Å². The second kappa shape index (κ2) is 10.9. The number of hydrogen-bond donors (Lipinski definition) is 2. The van der Waals surface area contributed by atoms with E-state index in [1.54, 1.807) is 0 Å². The molecule has 0 amide bonds. The Morgan fingerprint density at radius 2 is 2.00 bits per heavy atom. The van der Waals surface area contributed by atoms with Crippen molar-refractivity contribution in [2.45, 2.75) is 39.2 Å². The van der Waals surface area contributed by atoms with E-state index in [0.29, 0.717) is 6.04 Å². The number of nitrogens with zero attached hydrogens (tertiary/aromatic N) is 2. The summed E-state index contributed by atoms with van der Waals surface area (Å²) in [6.45, 7) is 7.45. The fourth-order valence-electron chi connectivity index (χ4n) is 3.52. The number of anilines is 1. The van der Waals surface area contributed by atoms with E-state index in [1.165, 1.54) is 21.7 Å². The monoisotopic (exact) mass is 498 g/mol. The van der Waals surface area contributed by atoms with Crippen molar-refractivity contribution in [1.82, 2.24) is 10.6 Å². The van der Waals surface area contributed by atoms with Crippen LogP contribution in [0.15, 0.2) is 40.7 Å². The zero-order chi connectivity index (χ0) is 18.4. The fourth-order valence-corrected chi connectivity index (χ4v) is 4.31. The van der Waals surface area contributed by atoms with Gasteiger partial charge in [-0.1, -0.05) is 23.8 Å². The summed E-state index contributed by atoms with van der Waals surface area (Å²) in [6, 6.07) is 11.5. The van der Waals surface area contributed by atoms with Crippen LogP contribution in [0.2, 0.25) is 0 Å². The lowest BCUT2D eigenvalue weighted by Crippen LogP contribution is -2.49. The number of nitrogens with one attached hydrogen (secondary N) is 2. The molecule has 1 aromatic heterocycles. The second-order valence-corrected chi connectivity index (χ2v) is 7.96. The summed E-state index contributed by atoms with van der Waals surface area (Å²) in [4.78, 5) is 6.89. The number of hydrogen-bond acceptors (Lipinski definition) is 3. The van der Waals surface area contributed by atoms with Crippen molar-refractivity contribution >= 4 is 46.3 Å². The van der Waals surface area contributed by atoms with Gasteiger partial charge in [-0.15, -0.1) is 35.3 Å². The smallest absolute Gasteiger partial charge is 0.191 e. The van der Waals surface area contributed by atoms with Gasteiger partial charge in [-0.25, -0.2) is 0 Å². The van der Waals surface area contributed by atoms with Gasteiger partial charge in [0.25, 0.3) is 0 Å². The minimum absolute atomic E-state index is 0. The molecule has 27 heavy (non-hydrogen) atoms. The maximum Gasteiger partial charge on any atom is 0.191 e. The Bertz CT molecular complexity index is 722. The van der Waals surface area contributed by atoms with Gasteiger partial charge in [-0.3, -0.25) is 4.99 Å². The summed E-state index contributed by atoms with van der Waals surface area (Å²) in [5, 5.41) is 10.6. The molecule has 2 heterocycles. The molecule has 2 aromatic rings. The number of piperidine rings is 1. The van der Waals surface area contributed by atoms with Gasteiger partial charge >= 0.3 is 0 Å². The Morgan fingerprint density at radius 1 is 1.22 bits per heavy atom. The third-order valence-electron chi connectivity index (χ3n) is 5.06. The highest BCUT2D eigenvalue weighted by Crippen LogP contribution is 2.24. The van der Waals surface area contributed by atoms with Crippen molar-refractivity contribution in [2.24, 2.45) is 4.99 Å². The highest BCUT2D eigenvalue weighted by Gasteiger charge is 2.20. The number of halogens is 1. The molecule has 0 bridgehead atoms. The van der Waals surface area contributed by atoms with Crippen molar-refractivity contribution < 1.29 is 0 Å². The molecule has 1 fully saturated rings. The van der Waals surface area contributed by atoms with Gasteiger partial charge < -0.3 is 15.5 Å². The van der Waals surface area contributed by atoms with E-state index < -0.39 is 0 Å². The van der Waals surface area contributed by atoms with Crippen molar-refractivity contribution in [2.75, 3.05) is 31.6 Å². The number of benzene rings is 1. The average Bonchev–Trinajstić information content (AvgIpc) is 3.18. The molecule has 1 aliphatic rings. The van der Waals surface area contributed by atoms with E-state index in [4.69, 9.17) is 0 Å². The number of rotatable bonds is 5. The van der Waals surface area contributed by atoms with Crippen LogP contribution in [0.4, 0.5) is 5.00 Å². The van der Waals surface area contributed by atoms with Crippen molar-refractivity contribution in [3.8, 4) is 0 Å². The first-order valence-corrected chi connectivity index (χ1v) is 10.4. The van der Waals surface area contributed by atoms with Gasteiger partial charge in [0.1, 0.15) is 0 Å². The van der Waals surface area contributed by atoms with Crippen LogP contribution in [0.3, 0.4) is 0 Å². The zero-order valence-corrected chi connectivity index (χ0v) is 19.6. The highest BCUT2D eigenvalue weighted by atomic mass is 127. The Morgan fingerprint density at radius 3 is 2.63 bits per heavy atom. The molecule has 0 saturated carbocycles. The van der Waals surface area contributed by atoms with Crippen molar-refractivity contribution in [3.63, 3.8) is 0 Å².